The largest absolute Gasteiger partial charge is 0.372 e. The Bertz CT molecular complexity index is 678. The first-order chi connectivity index (χ1) is 9.63. The van der Waals surface area contributed by atoms with Gasteiger partial charge in [0, 0.05) is 11.5 Å². The van der Waals surface area contributed by atoms with E-state index in [1.54, 1.807) is 25.2 Å². The Balaban J connectivity index is 2.21. The van der Waals surface area contributed by atoms with Gasteiger partial charge in [0.25, 0.3) is 5.91 Å². The summed E-state index contributed by atoms with van der Waals surface area (Å²) < 4.78 is 0.769. The fraction of sp³-hybridized carbons (Fsp3) is 0.0769. The summed E-state index contributed by atoms with van der Waals surface area (Å²) in [4.78, 5) is 20.0. The van der Waals surface area contributed by atoms with Crippen molar-refractivity contribution in [2.45, 2.75) is 0 Å². The molecule has 0 aliphatic carbocycles. The van der Waals surface area contributed by atoms with Crippen LogP contribution in [0.15, 0.2) is 35.1 Å². The number of hydrogen-bond donors (Lipinski definition) is 2. The van der Waals surface area contributed by atoms with E-state index in [0.29, 0.717) is 17.1 Å². The van der Waals surface area contributed by atoms with Gasteiger partial charge in [-0.15, -0.1) is 0 Å². The summed E-state index contributed by atoms with van der Waals surface area (Å²) in [5, 5.41) is 14.5. The minimum absolute atomic E-state index is 0.177. The molecule has 0 saturated heterocycles. The summed E-state index contributed by atoms with van der Waals surface area (Å²) in [6.07, 6.45) is 2.83. The Hall–Kier alpha value is -2.46. The van der Waals surface area contributed by atoms with Crippen LogP contribution in [0, 0.1) is 11.3 Å². The Kier molecular flexibility index (Phi) is 4.27. The molecule has 0 aliphatic rings. The fourth-order valence-electron chi connectivity index (χ4n) is 1.48. The van der Waals surface area contributed by atoms with Gasteiger partial charge in [-0.2, -0.15) is 5.26 Å². The molecule has 0 atom stereocenters. The van der Waals surface area contributed by atoms with Gasteiger partial charge in [0.15, 0.2) is 0 Å². The lowest BCUT2D eigenvalue weighted by molar-refractivity contribution is 0.102. The molecular weight excluding hydrogens is 322 g/mol. The van der Waals surface area contributed by atoms with Gasteiger partial charge in [-0.05, 0) is 18.2 Å². The van der Waals surface area contributed by atoms with Crippen LogP contribution in [-0.4, -0.2) is 22.9 Å². The first kappa shape index (κ1) is 14.0. The number of anilines is 2. The smallest absolute Gasteiger partial charge is 0.275 e. The number of aromatic nitrogens is 2. The number of carbonyl (C=O) groups is 1. The second-order valence-corrected chi connectivity index (χ2v) is 4.71. The zero-order valence-corrected chi connectivity index (χ0v) is 12.1. The van der Waals surface area contributed by atoms with E-state index >= 15 is 0 Å². The zero-order chi connectivity index (χ0) is 14.5. The first-order valence-electron chi connectivity index (χ1n) is 5.65. The summed E-state index contributed by atoms with van der Waals surface area (Å²) in [6.45, 7) is 0. The van der Waals surface area contributed by atoms with E-state index < -0.39 is 5.91 Å². The van der Waals surface area contributed by atoms with Crippen LogP contribution >= 0.6 is 15.9 Å². The number of nitrogens with zero attached hydrogens (tertiary/aromatic N) is 3. The van der Waals surface area contributed by atoms with Gasteiger partial charge in [-0.3, -0.25) is 4.79 Å². The molecule has 1 aromatic carbocycles. The molecule has 0 saturated carbocycles. The molecule has 1 amide bonds. The predicted octanol–water partition coefficient (Wildman–Crippen LogP) is 2.40. The average molecular weight is 332 g/mol. The highest BCUT2D eigenvalue weighted by molar-refractivity contribution is 9.10. The number of hydrogen-bond acceptors (Lipinski definition) is 5. The van der Waals surface area contributed by atoms with Gasteiger partial charge in [0.1, 0.15) is 17.6 Å². The normalized spacial score (nSPS) is 9.65. The highest BCUT2D eigenvalue weighted by Gasteiger charge is 2.11. The van der Waals surface area contributed by atoms with Gasteiger partial charge in [0.05, 0.1) is 23.6 Å². The van der Waals surface area contributed by atoms with Crippen LogP contribution in [0.1, 0.15) is 16.1 Å². The van der Waals surface area contributed by atoms with E-state index in [-0.39, 0.29) is 5.69 Å². The Morgan fingerprint density at radius 3 is 2.75 bits per heavy atom. The Morgan fingerprint density at radius 1 is 1.35 bits per heavy atom. The lowest BCUT2D eigenvalue weighted by atomic mass is 10.2. The summed E-state index contributed by atoms with van der Waals surface area (Å²) in [7, 11) is 1.71. The van der Waals surface area contributed by atoms with E-state index in [4.69, 9.17) is 5.26 Å². The van der Waals surface area contributed by atoms with Gasteiger partial charge >= 0.3 is 0 Å². The first-order valence-corrected chi connectivity index (χ1v) is 6.44. The van der Waals surface area contributed by atoms with Crippen molar-refractivity contribution in [3.8, 4) is 6.07 Å². The third-order valence-corrected chi connectivity index (χ3v) is 2.98. The molecule has 0 bridgehead atoms. The average Bonchev–Trinajstić information content (AvgIpc) is 2.49. The van der Waals surface area contributed by atoms with Crippen molar-refractivity contribution in [2.24, 2.45) is 0 Å². The van der Waals surface area contributed by atoms with Crippen molar-refractivity contribution in [1.82, 2.24) is 9.97 Å². The van der Waals surface area contributed by atoms with Gasteiger partial charge in [0.2, 0.25) is 0 Å². The molecule has 0 aliphatic heterocycles. The number of amides is 1. The third-order valence-electron chi connectivity index (χ3n) is 2.49. The molecule has 0 radical (unpaired) electrons. The third kappa shape index (κ3) is 3.10. The molecule has 2 rings (SSSR count). The summed E-state index contributed by atoms with van der Waals surface area (Å²) in [6, 6.07) is 7.04. The fourth-order valence-corrected chi connectivity index (χ4v) is 1.84. The second kappa shape index (κ2) is 6.12. The van der Waals surface area contributed by atoms with Crippen LogP contribution in [0.5, 0.6) is 0 Å². The highest BCUT2D eigenvalue weighted by atomic mass is 79.9. The van der Waals surface area contributed by atoms with Crippen LogP contribution in [0.4, 0.5) is 11.5 Å². The minimum atomic E-state index is -0.418. The summed E-state index contributed by atoms with van der Waals surface area (Å²) in [5.74, 6) is 0.155. The molecule has 1 heterocycles. The molecule has 7 heteroatoms. The molecular formula is C13H10BrN5O. The molecule has 6 nitrogen and oxygen atoms in total. The molecule has 1 aromatic heterocycles. The highest BCUT2D eigenvalue weighted by Crippen LogP contribution is 2.20. The summed E-state index contributed by atoms with van der Waals surface area (Å²) in [5.41, 5.74) is 0.975. The number of carbonyl (C=O) groups excluding carboxylic acids is 1. The van der Waals surface area contributed by atoms with Crippen molar-refractivity contribution >= 4 is 33.3 Å². The van der Waals surface area contributed by atoms with E-state index in [2.05, 4.69) is 36.5 Å². The topological polar surface area (TPSA) is 90.7 Å². The predicted molar refractivity (Wildman–Crippen MR) is 78.4 cm³/mol. The minimum Gasteiger partial charge on any atom is -0.372 e. The lowest BCUT2D eigenvalue weighted by Gasteiger charge is -2.07. The van der Waals surface area contributed by atoms with Crippen molar-refractivity contribution in [3.63, 3.8) is 0 Å². The molecule has 0 unspecified atom stereocenters. The van der Waals surface area contributed by atoms with Gasteiger partial charge in [-0.1, -0.05) is 15.9 Å². The van der Waals surface area contributed by atoms with Gasteiger partial charge in [-0.25, -0.2) is 9.97 Å². The standard InChI is InChI=1S/C13H10BrN5O/c1-16-12-7-17-11(6-18-12)13(20)19-10-3-2-9(14)4-8(10)5-15/h2-4,6-7H,1H3,(H,16,18)(H,19,20). The number of rotatable bonds is 3. The Morgan fingerprint density at radius 2 is 2.15 bits per heavy atom. The van der Waals surface area contributed by atoms with Crippen LogP contribution in [0.3, 0.4) is 0 Å². The van der Waals surface area contributed by atoms with E-state index in [9.17, 15) is 4.79 Å². The quantitative estimate of drug-likeness (QED) is 0.901. The molecule has 2 aromatic rings. The van der Waals surface area contributed by atoms with E-state index in [1.807, 2.05) is 6.07 Å². The van der Waals surface area contributed by atoms with Crippen LogP contribution < -0.4 is 10.6 Å². The molecule has 0 fully saturated rings. The van der Waals surface area contributed by atoms with E-state index in [0.717, 1.165) is 4.47 Å². The number of halogens is 1. The number of benzene rings is 1. The summed E-state index contributed by atoms with van der Waals surface area (Å²) >= 11 is 3.27. The maximum absolute atomic E-state index is 12.0. The van der Waals surface area contributed by atoms with Gasteiger partial charge < -0.3 is 10.6 Å². The maximum atomic E-state index is 12.0. The van der Waals surface area contributed by atoms with Crippen LogP contribution in [0.25, 0.3) is 0 Å². The second-order valence-electron chi connectivity index (χ2n) is 3.79. The SMILES string of the molecule is CNc1cnc(C(=O)Nc2ccc(Br)cc2C#N)cn1. The molecule has 0 spiro atoms. The molecule has 20 heavy (non-hydrogen) atoms. The zero-order valence-electron chi connectivity index (χ0n) is 10.5. The monoisotopic (exact) mass is 331 g/mol. The van der Waals surface area contributed by atoms with Crippen molar-refractivity contribution < 1.29 is 4.79 Å². The molecule has 2 N–H and O–H groups in total. The van der Waals surface area contributed by atoms with Crippen molar-refractivity contribution in [3.05, 3.63) is 46.3 Å². The number of nitrogens with one attached hydrogen (secondary N) is 2. The van der Waals surface area contributed by atoms with E-state index in [1.165, 1.54) is 12.4 Å². The molecule has 100 valence electrons. The Labute approximate surface area is 124 Å². The lowest BCUT2D eigenvalue weighted by Crippen LogP contribution is -2.15. The number of nitriles is 1. The van der Waals surface area contributed by atoms with Crippen molar-refractivity contribution in [2.75, 3.05) is 17.7 Å². The van der Waals surface area contributed by atoms with Crippen LogP contribution in [0.2, 0.25) is 0 Å². The maximum Gasteiger partial charge on any atom is 0.275 e. The van der Waals surface area contributed by atoms with Crippen LogP contribution in [-0.2, 0) is 0 Å². The van der Waals surface area contributed by atoms with Crippen molar-refractivity contribution in [1.29, 1.82) is 5.26 Å².